The summed E-state index contributed by atoms with van der Waals surface area (Å²) in [6.45, 7) is 4.37. The fourth-order valence-corrected chi connectivity index (χ4v) is 4.23. The Hall–Kier alpha value is -1.86. The molecule has 1 aromatic carbocycles. The van der Waals surface area contributed by atoms with Crippen molar-refractivity contribution in [3.05, 3.63) is 34.7 Å². The zero-order valence-electron chi connectivity index (χ0n) is 16.3. The molecule has 0 unspecified atom stereocenters. The third-order valence-corrected chi connectivity index (χ3v) is 5.84. The van der Waals surface area contributed by atoms with E-state index in [0.29, 0.717) is 11.5 Å². The van der Waals surface area contributed by atoms with Gasteiger partial charge in [-0.25, -0.2) is 4.79 Å². The first kappa shape index (κ1) is 22.4. The van der Waals surface area contributed by atoms with Crippen molar-refractivity contribution in [1.29, 1.82) is 0 Å². The number of rotatable bonds is 11. The van der Waals surface area contributed by atoms with Crippen LogP contribution in [0.3, 0.4) is 0 Å². The standard InChI is InChI=1S/C21H27NO4S2/c1-3-4-5-6-7-8-13-26-17-11-9-16(10-12-17)14-18-19(23)22(21(27)28-18)15(2)20(24)25/h9-12,14-15H,3-8,13H2,1-2H3,(H,24,25)/b18-14+/t15-/m0/s1. The molecule has 152 valence electrons. The molecule has 0 aliphatic carbocycles. The fraction of sp³-hybridized carbons (Fsp3) is 0.476. The number of thioether (sulfide) groups is 1. The monoisotopic (exact) mass is 421 g/mol. The number of thiocarbonyl (C=S) groups is 1. The maximum atomic E-state index is 12.5. The van der Waals surface area contributed by atoms with Crippen molar-refractivity contribution in [1.82, 2.24) is 4.90 Å². The lowest BCUT2D eigenvalue weighted by Crippen LogP contribution is -2.41. The van der Waals surface area contributed by atoms with Crippen LogP contribution in [-0.2, 0) is 9.59 Å². The van der Waals surface area contributed by atoms with Crippen LogP contribution in [0.1, 0.15) is 57.9 Å². The number of aliphatic carboxylic acids is 1. The van der Waals surface area contributed by atoms with Crippen LogP contribution in [0.4, 0.5) is 0 Å². The molecule has 0 saturated carbocycles. The Morgan fingerprint density at radius 1 is 1.21 bits per heavy atom. The van der Waals surface area contributed by atoms with Crippen LogP contribution < -0.4 is 4.74 Å². The van der Waals surface area contributed by atoms with E-state index in [4.69, 9.17) is 22.1 Å². The number of nitrogens with zero attached hydrogens (tertiary/aromatic N) is 1. The van der Waals surface area contributed by atoms with Crippen molar-refractivity contribution in [2.45, 2.75) is 58.4 Å². The zero-order chi connectivity index (χ0) is 20.5. The predicted octanol–water partition coefficient (Wildman–Crippen LogP) is 5.10. The highest BCUT2D eigenvalue weighted by Gasteiger charge is 2.38. The van der Waals surface area contributed by atoms with Crippen molar-refractivity contribution >= 4 is 46.3 Å². The lowest BCUT2D eigenvalue weighted by Gasteiger charge is -2.18. The van der Waals surface area contributed by atoms with Gasteiger partial charge >= 0.3 is 5.97 Å². The number of carboxylic acid groups (broad SMARTS) is 1. The minimum absolute atomic E-state index is 0.269. The highest BCUT2D eigenvalue weighted by Crippen LogP contribution is 2.34. The van der Waals surface area contributed by atoms with Gasteiger partial charge in [0.05, 0.1) is 11.5 Å². The molecule has 1 aromatic rings. The molecule has 0 bridgehead atoms. The first-order valence-corrected chi connectivity index (χ1v) is 10.9. The predicted molar refractivity (Wildman–Crippen MR) is 117 cm³/mol. The van der Waals surface area contributed by atoms with Gasteiger partial charge < -0.3 is 9.84 Å². The SMILES string of the molecule is CCCCCCCCOc1ccc(/C=C2/SC(=S)N([C@@H](C)C(=O)O)C2=O)cc1. The van der Waals surface area contributed by atoms with Gasteiger partial charge in [-0.1, -0.05) is 75.1 Å². The van der Waals surface area contributed by atoms with Gasteiger partial charge in [0.25, 0.3) is 5.91 Å². The molecule has 0 radical (unpaired) electrons. The van der Waals surface area contributed by atoms with E-state index in [1.54, 1.807) is 6.08 Å². The molecule has 2 rings (SSSR count). The van der Waals surface area contributed by atoms with Gasteiger partial charge in [-0.15, -0.1) is 0 Å². The van der Waals surface area contributed by atoms with Crippen molar-refractivity contribution in [2.24, 2.45) is 0 Å². The van der Waals surface area contributed by atoms with E-state index in [1.807, 2.05) is 24.3 Å². The Labute approximate surface area is 176 Å². The van der Waals surface area contributed by atoms with Crippen LogP contribution in [0.5, 0.6) is 5.75 Å². The molecule has 1 N–H and O–H groups in total. The second-order valence-electron chi connectivity index (χ2n) is 6.75. The Balaban J connectivity index is 1.87. The van der Waals surface area contributed by atoms with E-state index in [-0.39, 0.29) is 10.2 Å². The lowest BCUT2D eigenvalue weighted by molar-refractivity contribution is -0.144. The van der Waals surface area contributed by atoms with Gasteiger partial charge in [0.1, 0.15) is 16.1 Å². The number of ether oxygens (including phenoxy) is 1. The Morgan fingerprint density at radius 3 is 2.50 bits per heavy atom. The summed E-state index contributed by atoms with van der Waals surface area (Å²) in [6.07, 6.45) is 9.08. The molecule has 1 heterocycles. The van der Waals surface area contributed by atoms with Crippen LogP contribution in [0.2, 0.25) is 0 Å². The van der Waals surface area contributed by atoms with Crippen LogP contribution in [-0.4, -0.2) is 38.9 Å². The number of hydrogen-bond acceptors (Lipinski definition) is 5. The van der Waals surface area contributed by atoms with Gasteiger partial charge in [-0.05, 0) is 37.1 Å². The molecule has 7 heteroatoms. The normalized spacial score (nSPS) is 16.6. The van der Waals surface area contributed by atoms with Crippen molar-refractivity contribution in [3.8, 4) is 5.75 Å². The summed E-state index contributed by atoms with van der Waals surface area (Å²) in [5.74, 6) is -0.643. The Kier molecular flexibility index (Phi) is 8.99. The summed E-state index contributed by atoms with van der Waals surface area (Å²) in [4.78, 5) is 25.2. The number of carboxylic acids is 1. The number of unbranched alkanes of at least 4 members (excludes halogenated alkanes) is 5. The maximum Gasteiger partial charge on any atom is 0.326 e. The van der Waals surface area contributed by atoms with Gasteiger partial charge in [-0.2, -0.15) is 0 Å². The van der Waals surface area contributed by atoms with E-state index in [1.165, 1.54) is 39.0 Å². The van der Waals surface area contributed by atoms with E-state index in [9.17, 15) is 9.59 Å². The topological polar surface area (TPSA) is 66.8 Å². The smallest absolute Gasteiger partial charge is 0.326 e. The minimum atomic E-state index is -1.08. The molecule has 1 saturated heterocycles. The van der Waals surface area contributed by atoms with Crippen molar-refractivity contribution in [3.63, 3.8) is 0 Å². The maximum absolute atomic E-state index is 12.5. The average molecular weight is 422 g/mol. The first-order chi connectivity index (χ1) is 13.4. The highest BCUT2D eigenvalue weighted by atomic mass is 32.2. The molecule has 0 spiro atoms. The summed E-state index contributed by atoms with van der Waals surface area (Å²) in [7, 11) is 0. The minimum Gasteiger partial charge on any atom is -0.494 e. The van der Waals surface area contributed by atoms with Gasteiger partial charge in [0, 0.05) is 0 Å². The van der Waals surface area contributed by atoms with Crippen LogP contribution >= 0.6 is 24.0 Å². The summed E-state index contributed by atoms with van der Waals surface area (Å²) < 4.78 is 6.03. The number of amides is 1. The third kappa shape index (κ3) is 6.34. The van der Waals surface area contributed by atoms with Crippen LogP contribution in [0.15, 0.2) is 29.2 Å². The van der Waals surface area contributed by atoms with Gasteiger partial charge in [0.2, 0.25) is 0 Å². The average Bonchev–Trinajstić information content (AvgIpc) is 2.95. The quantitative estimate of drug-likeness (QED) is 0.305. The van der Waals surface area contributed by atoms with E-state index in [2.05, 4.69) is 6.92 Å². The highest BCUT2D eigenvalue weighted by molar-refractivity contribution is 8.26. The number of benzene rings is 1. The summed E-state index contributed by atoms with van der Waals surface area (Å²) in [5, 5.41) is 9.13. The molecule has 1 fully saturated rings. The zero-order valence-corrected chi connectivity index (χ0v) is 18.0. The Morgan fingerprint density at radius 2 is 1.86 bits per heavy atom. The molecular formula is C21H27NO4S2. The first-order valence-electron chi connectivity index (χ1n) is 9.66. The number of carbonyl (C=O) groups is 2. The van der Waals surface area contributed by atoms with Crippen molar-refractivity contribution in [2.75, 3.05) is 6.61 Å². The van der Waals surface area contributed by atoms with Crippen LogP contribution in [0.25, 0.3) is 6.08 Å². The van der Waals surface area contributed by atoms with E-state index in [0.717, 1.165) is 34.4 Å². The molecule has 1 aliphatic rings. The lowest BCUT2D eigenvalue weighted by atomic mass is 10.1. The molecule has 1 atom stereocenters. The Bertz CT molecular complexity index is 730. The summed E-state index contributed by atoms with van der Waals surface area (Å²) in [5.41, 5.74) is 0.843. The molecule has 1 aliphatic heterocycles. The summed E-state index contributed by atoms with van der Waals surface area (Å²) in [6, 6.07) is 6.54. The van der Waals surface area contributed by atoms with Crippen LogP contribution in [0, 0.1) is 0 Å². The molecule has 0 aromatic heterocycles. The molecule has 28 heavy (non-hydrogen) atoms. The molecule has 1 amide bonds. The second kappa shape index (κ2) is 11.2. The van der Waals surface area contributed by atoms with Gasteiger partial charge in [0.15, 0.2) is 0 Å². The third-order valence-electron chi connectivity index (χ3n) is 4.51. The van der Waals surface area contributed by atoms with E-state index >= 15 is 0 Å². The van der Waals surface area contributed by atoms with Crippen molar-refractivity contribution < 1.29 is 19.4 Å². The molecular weight excluding hydrogens is 394 g/mol. The molecule has 5 nitrogen and oxygen atoms in total. The fourth-order valence-electron chi connectivity index (χ4n) is 2.81. The van der Waals surface area contributed by atoms with Gasteiger partial charge in [-0.3, -0.25) is 9.69 Å². The summed E-state index contributed by atoms with van der Waals surface area (Å²) >= 11 is 6.29. The van der Waals surface area contributed by atoms with E-state index < -0.39 is 12.0 Å². The largest absolute Gasteiger partial charge is 0.494 e. The number of hydrogen-bond donors (Lipinski definition) is 1. The number of carbonyl (C=O) groups excluding carboxylic acids is 1. The second-order valence-corrected chi connectivity index (χ2v) is 8.43.